The quantitative estimate of drug-likeness (QED) is 0.0131. The second kappa shape index (κ2) is 38.1. The molecule has 34 heteroatoms. The molecule has 1 aromatic heterocycles. The Kier molecular flexibility index (Phi) is 33.6. The average Bonchev–Trinajstić information content (AvgIpc) is 1.02. The predicted molar refractivity (Wildman–Crippen MR) is 336 cm³/mol. The number of amides is 2. The van der Waals surface area contributed by atoms with Crippen molar-refractivity contribution in [3.8, 4) is 17.2 Å². The highest BCUT2D eigenvalue weighted by molar-refractivity contribution is 7.51. The summed E-state index contributed by atoms with van der Waals surface area (Å²) in [6.07, 6.45) is -4.33. The van der Waals surface area contributed by atoms with Crippen LogP contribution in [0.2, 0.25) is 10.3 Å². The number of carboxylic acids is 1. The van der Waals surface area contributed by atoms with Crippen molar-refractivity contribution >= 4 is 124 Å². The van der Waals surface area contributed by atoms with E-state index in [-0.39, 0.29) is 63.7 Å². The van der Waals surface area contributed by atoms with Gasteiger partial charge in [0.2, 0.25) is 23.1 Å². The monoisotopic (exact) mass is 1390 g/mol. The van der Waals surface area contributed by atoms with Crippen molar-refractivity contribution in [2.45, 2.75) is 97.4 Å². The Morgan fingerprint density at radius 2 is 1.60 bits per heavy atom. The highest BCUT2D eigenvalue weighted by Crippen LogP contribution is 2.38. The van der Waals surface area contributed by atoms with E-state index in [0.717, 1.165) is 65.8 Å². The maximum absolute atomic E-state index is 12.7. The molecule has 1 aliphatic heterocycles. The number of halogens is 8. The number of carbonyl (C=O) groups excluding carboxylic acids is 4. The normalized spacial score (nSPS) is 12.8. The van der Waals surface area contributed by atoms with Crippen molar-refractivity contribution in [3.05, 3.63) is 122 Å². The number of carboxylic acid groups (broad SMARTS) is 1. The van der Waals surface area contributed by atoms with Gasteiger partial charge in [-0.3, -0.25) is 34.4 Å². The number of aromatic nitrogens is 3. The van der Waals surface area contributed by atoms with E-state index in [1.54, 1.807) is 16.9 Å². The van der Waals surface area contributed by atoms with Crippen LogP contribution in [0.15, 0.2) is 78.9 Å². The first-order valence-electron chi connectivity index (χ1n) is 26.9. The van der Waals surface area contributed by atoms with Crippen LogP contribution in [0.25, 0.3) is 0 Å². The lowest BCUT2D eigenvalue weighted by Gasteiger charge is -2.35. The van der Waals surface area contributed by atoms with Gasteiger partial charge in [-0.2, -0.15) is 28.1 Å². The Labute approximate surface area is 542 Å². The molecule has 0 saturated heterocycles. The summed E-state index contributed by atoms with van der Waals surface area (Å²) in [5.74, 6) is -2.27. The van der Waals surface area contributed by atoms with E-state index in [2.05, 4.69) is 48.6 Å². The Morgan fingerprint density at radius 1 is 0.944 bits per heavy atom. The maximum atomic E-state index is 12.7. The number of alkyl halides is 6. The van der Waals surface area contributed by atoms with Crippen LogP contribution in [-0.4, -0.2) is 146 Å². The minimum atomic E-state index is -4.61. The standard InChI is InChI=1S/C18H13ClF3NO7.C15H22ClNO2.C11H11Cl2NO2.C9H16ClN5.C3H8NO5P/c1-2-28-16(24)9-29-17(25)12-8-11(4-5-14(12)23(26)27)30-15-6-3-10(7-13(15)19)18(20,21)22;1-5-13-8-6-7-11(2)15(13)17(14(18)9-16)12(3)10-19-4;1-7-6-16-9-5-3-2-4-8(9)14(7)11(15)10(12)13;1-5-11-7-12-6(10)13-8(14-7)15-9(2,3)4;5-3(6)1-4-2-10(7,8)9/h3-8H,2,9H2,1H3;6-8,12H,5,9-10H2,1-4H3;2-5,7,10H,6H2,1H3;5H2,1-4H3,(H2,11,12,13,14,15);4H,1-2H2,(H,5,6)(H2,7,8,9). The summed E-state index contributed by atoms with van der Waals surface area (Å²) in [4.78, 5) is 98.4. The third-order valence-corrected chi connectivity index (χ3v) is 12.9. The Bertz CT molecular complexity index is 3260. The second-order valence-corrected chi connectivity index (χ2v) is 23.4. The summed E-state index contributed by atoms with van der Waals surface area (Å²) in [6.45, 7) is 18.1. The van der Waals surface area contributed by atoms with Gasteiger partial charge in [0.1, 0.15) is 35.3 Å². The average molecular weight is 1390 g/mol. The number of rotatable bonds is 21. The van der Waals surface area contributed by atoms with E-state index in [9.17, 15) is 51.8 Å². The number of fused-ring (bicyclic) bond motifs is 1. The number of nitro benzene ring substituents is 1. The molecule has 1 aliphatic rings. The van der Waals surface area contributed by atoms with Gasteiger partial charge in [-0.05, 0) is 121 Å². The molecule has 25 nitrogen and oxygen atoms in total. The zero-order valence-corrected chi connectivity index (χ0v) is 55.1. The summed E-state index contributed by atoms with van der Waals surface area (Å²) >= 11 is 28.6. The number of aliphatic carboxylic acids is 1. The molecule has 6 rings (SSSR count). The number of nitrogens with one attached hydrogen (secondary N) is 3. The lowest BCUT2D eigenvalue weighted by atomic mass is 10.0. The Balaban J connectivity index is 0.000000402. The van der Waals surface area contributed by atoms with Crippen LogP contribution in [0, 0.1) is 17.0 Å². The third kappa shape index (κ3) is 27.7. The molecular weight excluding hydrogens is 1320 g/mol. The van der Waals surface area contributed by atoms with E-state index >= 15 is 0 Å². The van der Waals surface area contributed by atoms with E-state index < -0.39 is 77.7 Å². The zero-order chi connectivity index (χ0) is 68.3. The third-order valence-electron chi connectivity index (χ3n) is 11.2. The first-order valence-corrected chi connectivity index (χ1v) is 30.8. The lowest BCUT2D eigenvalue weighted by Crippen LogP contribution is -2.47. The molecule has 4 aromatic carbocycles. The largest absolute Gasteiger partial charge is 0.489 e. The molecule has 2 unspecified atom stereocenters. The highest BCUT2D eigenvalue weighted by Gasteiger charge is 2.33. The number of nitrogens with zero attached hydrogens (tertiary/aromatic N) is 6. The number of anilines is 4. The number of para-hydroxylation sites is 3. The lowest BCUT2D eigenvalue weighted by molar-refractivity contribution is -0.385. The second-order valence-electron chi connectivity index (χ2n) is 19.6. The molecule has 0 saturated carbocycles. The molecule has 0 aliphatic carbocycles. The fraction of sp³-hybridized carbons (Fsp3) is 0.429. The first-order chi connectivity index (χ1) is 42.0. The van der Waals surface area contributed by atoms with Gasteiger partial charge in [-0.15, -0.1) is 11.6 Å². The number of carbonyl (C=O) groups is 5. The summed E-state index contributed by atoms with van der Waals surface area (Å²) in [5.41, 5.74) is 1.67. The molecule has 5 aromatic rings. The van der Waals surface area contributed by atoms with E-state index in [4.69, 9.17) is 91.8 Å². The van der Waals surface area contributed by atoms with Crippen LogP contribution < -0.4 is 35.2 Å². The Morgan fingerprint density at radius 3 is 2.14 bits per heavy atom. The van der Waals surface area contributed by atoms with Gasteiger partial charge in [0.25, 0.3) is 11.6 Å². The van der Waals surface area contributed by atoms with Gasteiger partial charge >= 0.3 is 31.7 Å². The number of hydrogen-bond donors (Lipinski definition) is 6. The van der Waals surface area contributed by atoms with Crippen molar-refractivity contribution in [1.29, 1.82) is 0 Å². The summed E-state index contributed by atoms with van der Waals surface area (Å²) in [6, 6.07) is 18.7. The SMILES string of the molecule is CC1COc2ccccc2N1C(=O)C(Cl)Cl.CCNc1nc(Cl)nc(NC(C)(C)C)n1.CCOC(=O)COC(=O)c1cc(Oc2ccc(C(F)(F)F)cc2Cl)ccc1[N+](=O)[O-].CCc1cccc(C)c1N(C(=O)CCl)C(C)COC.O=C(O)CNCP(=O)(O)O. The molecule has 2 heterocycles. The van der Waals surface area contributed by atoms with Crippen LogP contribution in [0.1, 0.15) is 82.4 Å². The number of benzene rings is 4. The zero-order valence-electron chi connectivity index (χ0n) is 50.4. The van der Waals surface area contributed by atoms with Crippen LogP contribution in [0.5, 0.6) is 17.2 Å². The molecule has 2 amide bonds. The van der Waals surface area contributed by atoms with E-state index in [1.165, 1.54) is 6.92 Å². The number of methoxy groups -OCH3 is 1. The number of aryl methyl sites for hydroxylation is 2. The van der Waals surface area contributed by atoms with Crippen molar-refractivity contribution < 1.29 is 85.2 Å². The summed E-state index contributed by atoms with van der Waals surface area (Å²) in [5, 5.41) is 27.2. The summed E-state index contributed by atoms with van der Waals surface area (Å²) < 4.78 is 73.5. The van der Waals surface area contributed by atoms with Crippen LogP contribution >= 0.6 is 65.6 Å². The van der Waals surface area contributed by atoms with Gasteiger partial charge in [0, 0.05) is 31.3 Å². The molecule has 90 heavy (non-hydrogen) atoms. The van der Waals surface area contributed by atoms with Crippen molar-refractivity contribution in [2.75, 3.05) is 79.2 Å². The first kappa shape index (κ1) is 79.2. The van der Waals surface area contributed by atoms with Crippen LogP contribution in [0.3, 0.4) is 0 Å². The molecular formula is C56H70Cl5F3N9O16P. The molecule has 496 valence electrons. The van der Waals surface area contributed by atoms with E-state index in [1.807, 2.05) is 84.9 Å². The highest BCUT2D eigenvalue weighted by atomic mass is 35.5. The number of nitro groups is 1. The van der Waals surface area contributed by atoms with Gasteiger partial charge < -0.3 is 59.0 Å². The molecule has 0 spiro atoms. The fourth-order valence-corrected chi connectivity index (χ4v) is 8.66. The van der Waals surface area contributed by atoms with Gasteiger partial charge in [0.15, 0.2) is 11.4 Å². The maximum Gasteiger partial charge on any atom is 0.416 e. The Hall–Kier alpha value is -6.85. The number of ether oxygens (including phenoxy) is 5. The van der Waals surface area contributed by atoms with Crippen molar-refractivity contribution in [1.82, 2.24) is 20.3 Å². The number of esters is 2. The summed E-state index contributed by atoms with van der Waals surface area (Å²) in [7, 11) is -2.46. The molecule has 0 bridgehead atoms. The topological polar surface area (TPSA) is 334 Å². The van der Waals surface area contributed by atoms with Crippen LogP contribution in [0.4, 0.5) is 42.1 Å². The van der Waals surface area contributed by atoms with Gasteiger partial charge in [-0.1, -0.05) is 72.1 Å². The smallest absolute Gasteiger partial charge is 0.416 e. The molecule has 0 fully saturated rings. The van der Waals surface area contributed by atoms with Crippen LogP contribution in [-0.2, 0) is 50.6 Å². The fourth-order valence-electron chi connectivity index (χ4n) is 7.54. The number of hydrogen-bond acceptors (Lipinski definition) is 19. The minimum Gasteiger partial charge on any atom is -0.489 e. The minimum absolute atomic E-state index is 0.0223. The molecule has 2 atom stereocenters. The van der Waals surface area contributed by atoms with E-state index in [0.29, 0.717) is 36.9 Å². The van der Waals surface area contributed by atoms with Gasteiger partial charge in [0.05, 0.1) is 65.0 Å². The predicted octanol–water partition coefficient (Wildman–Crippen LogP) is 11.5. The van der Waals surface area contributed by atoms with Crippen molar-refractivity contribution in [3.63, 3.8) is 0 Å². The van der Waals surface area contributed by atoms with Gasteiger partial charge in [-0.25, -0.2) is 9.59 Å². The van der Waals surface area contributed by atoms with Crippen molar-refractivity contribution in [2.24, 2.45) is 0 Å². The molecule has 0 radical (unpaired) electrons. The molecule has 6 N–H and O–H groups in total.